The monoisotopic (exact) mass is 366 g/mol. The van der Waals surface area contributed by atoms with Crippen molar-refractivity contribution in [2.45, 2.75) is 25.7 Å². The van der Waals surface area contributed by atoms with E-state index < -0.39 is 0 Å². The fourth-order valence-electron chi connectivity index (χ4n) is 2.29. The predicted octanol–water partition coefficient (Wildman–Crippen LogP) is 2.14. The molecule has 0 aliphatic heterocycles. The molecule has 2 N–H and O–H groups in total. The van der Waals surface area contributed by atoms with E-state index >= 15 is 0 Å². The van der Waals surface area contributed by atoms with Crippen LogP contribution < -0.4 is 10.6 Å². The number of hydrogen-bond donors (Lipinski definition) is 2. The number of hydrogen-bond acceptors (Lipinski definition) is 5. The van der Waals surface area contributed by atoms with Gasteiger partial charge in [0.2, 0.25) is 0 Å². The largest absolute Gasteiger partial charge is 0.382 e. The average Bonchev–Trinajstić information content (AvgIpc) is 2.65. The lowest BCUT2D eigenvalue weighted by Crippen LogP contribution is -2.38. The molecule has 0 atom stereocenters. The van der Waals surface area contributed by atoms with Gasteiger partial charge in [0.25, 0.3) is 5.69 Å². The van der Waals surface area contributed by atoms with Crippen molar-refractivity contribution in [2.24, 2.45) is 4.99 Å². The number of non-ortho nitro benzene ring substituents is 1. The zero-order valence-corrected chi connectivity index (χ0v) is 15.7. The third-order valence-electron chi connectivity index (χ3n) is 3.75. The molecule has 0 spiro atoms. The van der Waals surface area contributed by atoms with Crippen LogP contribution in [0.5, 0.6) is 0 Å². The van der Waals surface area contributed by atoms with Crippen LogP contribution in [-0.2, 0) is 15.9 Å². The normalized spacial score (nSPS) is 11.4. The summed E-state index contributed by atoms with van der Waals surface area (Å²) in [5.74, 6) is 0.789. The summed E-state index contributed by atoms with van der Waals surface area (Å²) in [7, 11) is 3.41. The van der Waals surface area contributed by atoms with E-state index in [9.17, 15) is 10.1 Å². The van der Waals surface area contributed by atoms with E-state index in [1.165, 1.54) is 0 Å². The lowest BCUT2D eigenvalue weighted by atomic mass is 10.1. The highest BCUT2D eigenvalue weighted by atomic mass is 16.6. The van der Waals surface area contributed by atoms with E-state index in [2.05, 4.69) is 15.6 Å². The summed E-state index contributed by atoms with van der Waals surface area (Å²) in [5.41, 5.74) is 1.25. The summed E-state index contributed by atoms with van der Waals surface area (Å²) >= 11 is 0. The molecular formula is C18H30N4O4. The molecule has 1 aromatic carbocycles. The third-order valence-corrected chi connectivity index (χ3v) is 3.75. The highest BCUT2D eigenvalue weighted by Gasteiger charge is 2.03. The molecule has 8 nitrogen and oxygen atoms in total. The Hall–Kier alpha value is -2.19. The Morgan fingerprint density at radius 1 is 1.08 bits per heavy atom. The maximum absolute atomic E-state index is 10.6. The molecule has 8 heteroatoms. The van der Waals surface area contributed by atoms with Crippen LogP contribution in [0, 0.1) is 10.1 Å². The van der Waals surface area contributed by atoms with Gasteiger partial charge in [-0.05, 0) is 31.2 Å². The van der Waals surface area contributed by atoms with Crippen molar-refractivity contribution in [1.82, 2.24) is 10.6 Å². The Bertz CT molecular complexity index is 534. The quantitative estimate of drug-likeness (QED) is 0.182. The van der Waals surface area contributed by atoms with E-state index in [4.69, 9.17) is 9.47 Å². The first-order valence-corrected chi connectivity index (χ1v) is 8.92. The summed E-state index contributed by atoms with van der Waals surface area (Å²) in [4.78, 5) is 14.4. The number of nitrogens with zero attached hydrogens (tertiary/aromatic N) is 2. The molecule has 0 saturated carbocycles. The maximum Gasteiger partial charge on any atom is 0.269 e. The summed E-state index contributed by atoms with van der Waals surface area (Å²) in [6.45, 7) is 3.57. The Kier molecular flexibility index (Phi) is 11.8. The van der Waals surface area contributed by atoms with Crippen LogP contribution in [0.15, 0.2) is 29.3 Å². The van der Waals surface area contributed by atoms with E-state index in [0.717, 1.165) is 50.3 Å². The zero-order valence-electron chi connectivity index (χ0n) is 15.7. The Labute approximate surface area is 155 Å². The fourth-order valence-corrected chi connectivity index (χ4v) is 2.29. The van der Waals surface area contributed by atoms with Crippen molar-refractivity contribution in [1.29, 1.82) is 0 Å². The van der Waals surface area contributed by atoms with Crippen LogP contribution >= 0.6 is 0 Å². The molecule has 0 aliphatic carbocycles. The van der Waals surface area contributed by atoms with Crippen LogP contribution in [0.25, 0.3) is 0 Å². The van der Waals surface area contributed by atoms with Crippen LogP contribution in [0.4, 0.5) is 5.69 Å². The number of benzene rings is 1. The highest BCUT2D eigenvalue weighted by molar-refractivity contribution is 5.79. The first-order chi connectivity index (χ1) is 12.7. The summed E-state index contributed by atoms with van der Waals surface area (Å²) in [6, 6.07) is 6.75. The summed E-state index contributed by atoms with van der Waals surface area (Å²) in [5, 5.41) is 17.2. The first-order valence-electron chi connectivity index (χ1n) is 8.92. The Morgan fingerprint density at radius 2 is 1.77 bits per heavy atom. The van der Waals surface area contributed by atoms with Crippen molar-refractivity contribution >= 4 is 11.6 Å². The SMILES string of the molecule is CN=C(NCCCCc1ccc([N+](=O)[O-])cc1)NCCCOCCOC. The first kappa shape index (κ1) is 21.9. The number of aryl methyl sites for hydroxylation is 1. The predicted molar refractivity (Wildman–Crippen MR) is 103 cm³/mol. The second kappa shape index (κ2) is 14.0. The van der Waals surface area contributed by atoms with E-state index in [0.29, 0.717) is 19.8 Å². The van der Waals surface area contributed by atoms with E-state index in [1.807, 2.05) is 12.1 Å². The van der Waals surface area contributed by atoms with Gasteiger partial charge in [0.15, 0.2) is 5.96 Å². The van der Waals surface area contributed by atoms with E-state index in [1.54, 1.807) is 26.3 Å². The van der Waals surface area contributed by atoms with Gasteiger partial charge in [0.1, 0.15) is 0 Å². The average molecular weight is 366 g/mol. The number of aliphatic imine (C=N–C) groups is 1. The van der Waals surface area contributed by atoms with Crippen molar-refractivity contribution in [2.75, 3.05) is 47.1 Å². The maximum atomic E-state index is 10.6. The van der Waals surface area contributed by atoms with Gasteiger partial charge in [-0.2, -0.15) is 0 Å². The lowest BCUT2D eigenvalue weighted by Gasteiger charge is -2.12. The summed E-state index contributed by atoms with van der Waals surface area (Å²) in [6.07, 6.45) is 3.82. The molecule has 0 saturated heterocycles. The second-order valence-corrected chi connectivity index (χ2v) is 5.77. The number of ether oxygens (including phenoxy) is 2. The highest BCUT2D eigenvalue weighted by Crippen LogP contribution is 2.13. The molecule has 0 aromatic heterocycles. The number of methoxy groups -OCH3 is 1. The van der Waals surface area contributed by atoms with Crippen molar-refractivity contribution in [3.05, 3.63) is 39.9 Å². The van der Waals surface area contributed by atoms with Crippen LogP contribution in [0.3, 0.4) is 0 Å². The van der Waals surface area contributed by atoms with Crippen molar-refractivity contribution in [3.63, 3.8) is 0 Å². The molecule has 26 heavy (non-hydrogen) atoms. The van der Waals surface area contributed by atoms with Crippen LogP contribution in [-0.4, -0.2) is 58.0 Å². The number of rotatable bonds is 13. The molecule has 0 heterocycles. The smallest absolute Gasteiger partial charge is 0.269 e. The molecule has 1 rings (SSSR count). The fraction of sp³-hybridized carbons (Fsp3) is 0.611. The zero-order chi connectivity index (χ0) is 19.0. The number of guanidine groups is 1. The minimum atomic E-state index is -0.377. The van der Waals surface area contributed by atoms with Gasteiger partial charge in [0.05, 0.1) is 18.1 Å². The molecule has 0 radical (unpaired) electrons. The van der Waals surface area contributed by atoms with Gasteiger partial charge < -0.3 is 20.1 Å². The van der Waals surface area contributed by atoms with Gasteiger partial charge >= 0.3 is 0 Å². The molecule has 146 valence electrons. The standard InChI is InChI=1S/C18H30N4O4/c1-19-18(21-12-5-13-26-15-14-25-2)20-11-4-3-6-16-7-9-17(10-8-16)22(23)24/h7-10H,3-6,11-15H2,1-2H3,(H2,19,20,21). The number of unbranched alkanes of at least 4 members (excludes halogenated alkanes) is 1. The lowest BCUT2D eigenvalue weighted by molar-refractivity contribution is -0.384. The third kappa shape index (κ3) is 9.95. The minimum Gasteiger partial charge on any atom is -0.382 e. The second-order valence-electron chi connectivity index (χ2n) is 5.77. The van der Waals surface area contributed by atoms with Crippen molar-refractivity contribution in [3.8, 4) is 0 Å². The summed E-state index contributed by atoms with van der Waals surface area (Å²) < 4.78 is 10.3. The molecule has 0 unspecified atom stereocenters. The number of nitrogens with one attached hydrogen (secondary N) is 2. The number of nitro benzene ring substituents is 1. The van der Waals surface area contributed by atoms with Crippen molar-refractivity contribution < 1.29 is 14.4 Å². The molecule has 0 bridgehead atoms. The van der Waals surface area contributed by atoms with Gasteiger partial charge in [-0.15, -0.1) is 0 Å². The van der Waals surface area contributed by atoms with Gasteiger partial charge in [-0.1, -0.05) is 12.1 Å². The van der Waals surface area contributed by atoms with Gasteiger partial charge in [-0.3, -0.25) is 15.1 Å². The van der Waals surface area contributed by atoms with Gasteiger partial charge in [0, 0.05) is 46.0 Å². The van der Waals surface area contributed by atoms with E-state index in [-0.39, 0.29) is 10.6 Å². The minimum absolute atomic E-state index is 0.134. The molecule has 0 aliphatic rings. The van der Waals surface area contributed by atoms with Crippen LogP contribution in [0.1, 0.15) is 24.8 Å². The molecule has 0 fully saturated rings. The van der Waals surface area contributed by atoms with Gasteiger partial charge in [-0.25, -0.2) is 0 Å². The molecule has 0 amide bonds. The Balaban J connectivity index is 2.07. The molecule has 1 aromatic rings. The topological polar surface area (TPSA) is 98.0 Å². The molecular weight excluding hydrogens is 336 g/mol. The van der Waals surface area contributed by atoms with Crippen LogP contribution in [0.2, 0.25) is 0 Å². The number of nitro groups is 1. The Morgan fingerprint density at radius 3 is 2.38 bits per heavy atom.